The number of rotatable bonds is 7. The number of hydrogen-bond acceptors (Lipinski definition) is 3. The van der Waals surface area contributed by atoms with Crippen LogP contribution in [0.15, 0.2) is 42.5 Å². The molecular formula is C32H35F2O5P. The van der Waals surface area contributed by atoms with E-state index in [-0.39, 0.29) is 27.6 Å². The van der Waals surface area contributed by atoms with Crippen molar-refractivity contribution in [3.8, 4) is 28.4 Å². The molecule has 0 atom stereocenters. The second-order valence-electron chi connectivity index (χ2n) is 12.5. The van der Waals surface area contributed by atoms with E-state index in [0.717, 1.165) is 17.8 Å². The topological polar surface area (TPSA) is 76.0 Å². The summed E-state index contributed by atoms with van der Waals surface area (Å²) in [5, 5.41) is -0.104. The van der Waals surface area contributed by atoms with Crippen LogP contribution in [-0.2, 0) is 4.57 Å². The molecule has 0 spiro atoms. The lowest BCUT2D eigenvalue weighted by Crippen LogP contribution is -2.48. The number of ether oxygens (including phenoxy) is 2. The predicted molar refractivity (Wildman–Crippen MR) is 150 cm³/mol. The Labute approximate surface area is 233 Å². The van der Waals surface area contributed by atoms with Gasteiger partial charge in [-0.1, -0.05) is 0 Å². The predicted octanol–water partition coefficient (Wildman–Crippen LogP) is 7.75. The fraction of sp³-hybridized carbons (Fsp3) is 0.438. The Morgan fingerprint density at radius 3 is 2.00 bits per heavy atom. The van der Waals surface area contributed by atoms with Gasteiger partial charge in [0.1, 0.15) is 28.9 Å². The van der Waals surface area contributed by atoms with Crippen molar-refractivity contribution in [2.24, 2.45) is 23.2 Å². The third kappa shape index (κ3) is 5.08. The van der Waals surface area contributed by atoms with Gasteiger partial charge in [-0.3, -0.25) is 4.57 Å². The average Bonchev–Trinajstić information content (AvgIpc) is 2.86. The van der Waals surface area contributed by atoms with E-state index < -0.39 is 19.2 Å². The number of benzene rings is 3. The molecule has 4 bridgehead atoms. The molecule has 8 heteroatoms. The minimum atomic E-state index is -4.41. The summed E-state index contributed by atoms with van der Waals surface area (Å²) in [4.78, 5) is 18.9. The monoisotopic (exact) mass is 568 g/mol. The van der Waals surface area contributed by atoms with Crippen molar-refractivity contribution in [3.63, 3.8) is 0 Å². The molecule has 0 aromatic heterocycles. The third-order valence-electron chi connectivity index (χ3n) is 9.27. The van der Waals surface area contributed by atoms with Crippen LogP contribution in [0.4, 0.5) is 8.78 Å². The van der Waals surface area contributed by atoms with Crippen LogP contribution in [-0.4, -0.2) is 16.4 Å². The van der Waals surface area contributed by atoms with Crippen LogP contribution >= 0.6 is 7.60 Å². The molecule has 7 rings (SSSR count). The van der Waals surface area contributed by atoms with Crippen molar-refractivity contribution >= 4 is 12.9 Å². The maximum absolute atomic E-state index is 15.6. The Morgan fingerprint density at radius 1 is 0.875 bits per heavy atom. The van der Waals surface area contributed by atoms with Crippen LogP contribution in [0.2, 0.25) is 0 Å². The standard InChI is InChI=1S/C32H35F2O5P/c1-18-8-25(40(35,36)37)9-19(2)31(18)39-24-4-5-26(28(33)13-24)27-6-7-29(20(3)30(27)34)38-17-32-14-21-10-22(15-32)12-23(11-21)16-32/h4-9,13,21-23H,10-12,14-17H2,1-3H3,(H2,35,36,37). The van der Waals surface area contributed by atoms with E-state index in [1.807, 2.05) is 0 Å². The highest BCUT2D eigenvalue weighted by molar-refractivity contribution is 7.60. The van der Waals surface area contributed by atoms with Gasteiger partial charge in [0.05, 0.1) is 11.9 Å². The zero-order valence-corrected chi connectivity index (χ0v) is 23.9. The summed E-state index contributed by atoms with van der Waals surface area (Å²) in [5.41, 5.74) is 1.87. The van der Waals surface area contributed by atoms with Gasteiger partial charge in [-0.25, -0.2) is 8.78 Å². The molecule has 0 aliphatic heterocycles. The van der Waals surface area contributed by atoms with Crippen LogP contribution in [0.1, 0.15) is 55.2 Å². The lowest BCUT2D eigenvalue weighted by atomic mass is 9.50. The summed E-state index contributed by atoms with van der Waals surface area (Å²) in [6, 6.07) is 10.3. The Hall–Kier alpha value is -2.73. The Morgan fingerprint density at radius 2 is 1.45 bits per heavy atom. The molecule has 5 nitrogen and oxygen atoms in total. The van der Waals surface area contributed by atoms with E-state index in [2.05, 4.69) is 0 Å². The molecule has 3 aromatic rings. The maximum atomic E-state index is 15.6. The van der Waals surface area contributed by atoms with Crippen LogP contribution in [0.3, 0.4) is 0 Å². The van der Waals surface area contributed by atoms with Crippen molar-refractivity contribution in [1.82, 2.24) is 0 Å². The summed E-state index contributed by atoms with van der Waals surface area (Å²) in [6.45, 7) is 5.62. The Bertz CT molecular complexity index is 1470. The summed E-state index contributed by atoms with van der Waals surface area (Å²) in [7, 11) is -4.41. The molecular weight excluding hydrogens is 533 g/mol. The molecule has 0 saturated heterocycles. The molecule has 4 aliphatic rings. The minimum absolute atomic E-state index is 0.104. The molecule has 40 heavy (non-hydrogen) atoms. The summed E-state index contributed by atoms with van der Waals surface area (Å²) >= 11 is 0. The molecule has 3 aromatic carbocycles. The fourth-order valence-electron chi connectivity index (χ4n) is 7.88. The first-order chi connectivity index (χ1) is 18.9. The fourth-order valence-corrected chi connectivity index (χ4v) is 8.61. The Balaban J connectivity index is 1.19. The van der Waals surface area contributed by atoms with Crippen LogP contribution < -0.4 is 14.8 Å². The van der Waals surface area contributed by atoms with E-state index >= 15 is 8.78 Å². The molecule has 0 heterocycles. The smallest absolute Gasteiger partial charge is 0.356 e. The SMILES string of the molecule is Cc1cc(P(=O)(O)O)cc(C)c1Oc1ccc(-c2ccc(OCC34CC5CC(CC(C5)C3)C4)c(C)c2F)c(F)c1. The first-order valence-corrected chi connectivity index (χ1v) is 15.6. The van der Waals surface area contributed by atoms with Crippen molar-refractivity contribution < 1.29 is 32.6 Å². The van der Waals surface area contributed by atoms with Crippen molar-refractivity contribution in [2.45, 2.75) is 59.3 Å². The molecule has 0 amide bonds. The number of hydrogen-bond donors (Lipinski definition) is 2. The van der Waals surface area contributed by atoms with E-state index in [1.165, 1.54) is 62.8 Å². The lowest BCUT2D eigenvalue weighted by molar-refractivity contribution is -0.0746. The first kappa shape index (κ1) is 27.4. The van der Waals surface area contributed by atoms with Crippen LogP contribution in [0.25, 0.3) is 11.1 Å². The number of aryl methyl sites for hydroxylation is 2. The van der Waals surface area contributed by atoms with Gasteiger partial charge < -0.3 is 19.3 Å². The van der Waals surface area contributed by atoms with Gasteiger partial charge in [-0.05, 0) is 125 Å². The molecule has 2 N–H and O–H groups in total. The van der Waals surface area contributed by atoms with E-state index in [1.54, 1.807) is 39.0 Å². The lowest BCUT2D eigenvalue weighted by Gasteiger charge is -2.56. The van der Waals surface area contributed by atoms with Gasteiger partial charge in [0, 0.05) is 28.2 Å². The highest BCUT2D eigenvalue weighted by atomic mass is 31.2. The minimum Gasteiger partial charge on any atom is -0.493 e. The van der Waals surface area contributed by atoms with Gasteiger partial charge in [-0.15, -0.1) is 0 Å². The van der Waals surface area contributed by atoms with Crippen molar-refractivity contribution in [1.29, 1.82) is 0 Å². The largest absolute Gasteiger partial charge is 0.493 e. The van der Waals surface area contributed by atoms with Gasteiger partial charge >= 0.3 is 7.60 Å². The zero-order valence-electron chi connectivity index (χ0n) is 23.0. The van der Waals surface area contributed by atoms with E-state index in [4.69, 9.17) is 9.47 Å². The molecule has 4 aliphatic carbocycles. The second-order valence-corrected chi connectivity index (χ2v) is 14.1. The van der Waals surface area contributed by atoms with Gasteiger partial charge in [-0.2, -0.15) is 0 Å². The Kier molecular flexibility index (Phi) is 6.84. The van der Waals surface area contributed by atoms with Crippen LogP contribution in [0, 0.1) is 55.6 Å². The summed E-state index contributed by atoms with van der Waals surface area (Å²) < 4.78 is 54.6. The molecule has 4 fully saturated rings. The maximum Gasteiger partial charge on any atom is 0.356 e. The molecule has 212 valence electrons. The van der Waals surface area contributed by atoms with E-state index in [9.17, 15) is 14.4 Å². The molecule has 4 saturated carbocycles. The average molecular weight is 569 g/mol. The van der Waals surface area contributed by atoms with Gasteiger partial charge in [0.2, 0.25) is 0 Å². The highest BCUT2D eigenvalue weighted by Gasteiger charge is 2.51. The van der Waals surface area contributed by atoms with Gasteiger partial charge in [0.15, 0.2) is 0 Å². The van der Waals surface area contributed by atoms with Crippen molar-refractivity contribution in [2.75, 3.05) is 6.61 Å². The summed E-state index contributed by atoms with van der Waals surface area (Å²) in [5.74, 6) is 2.40. The van der Waals surface area contributed by atoms with Crippen molar-refractivity contribution in [3.05, 3.63) is 70.8 Å². The summed E-state index contributed by atoms with van der Waals surface area (Å²) in [6.07, 6.45) is 7.72. The van der Waals surface area contributed by atoms with E-state index in [0.29, 0.717) is 34.8 Å². The first-order valence-electron chi connectivity index (χ1n) is 14.0. The normalized spacial score (nSPS) is 25.3. The highest BCUT2D eigenvalue weighted by Crippen LogP contribution is 2.60. The molecule has 0 unspecified atom stereocenters. The van der Waals surface area contributed by atoms with Gasteiger partial charge in [0.25, 0.3) is 0 Å². The number of halogens is 2. The second kappa shape index (κ2) is 9.97. The zero-order chi connectivity index (χ0) is 28.4. The quantitative estimate of drug-likeness (QED) is 0.285. The third-order valence-corrected chi connectivity index (χ3v) is 10.2. The van der Waals surface area contributed by atoms with Crippen LogP contribution in [0.5, 0.6) is 17.2 Å². The molecule has 0 radical (unpaired) electrons.